The number of nitrogens with zero attached hydrogens (tertiary/aromatic N) is 2. The van der Waals surface area contributed by atoms with Crippen LogP contribution in [0.4, 0.5) is 0 Å². The highest BCUT2D eigenvalue weighted by molar-refractivity contribution is 9.09. The van der Waals surface area contributed by atoms with Crippen molar-refractivity contribution in [1.29, 1.82) is 0 Å². The Bertz CT molecular complexity index is 1250. The molecular formula is C27H27BrCl2N2O5. The van der Waals surface area contributed by atoms with Gasteiger partial charge in [0.1, 0.15) is 5.75 Å². The number of fused-ring (bicyclic) bond motifs is 4. The van der Waals surface area contributed by atoms with Gasteiger partial charge in [0, 0.05) is 17.5 Å². The molecule has 2 aliphatic heterocycles. The summed E-state index contributed by atoms with van der Waals surface area (Å²) in [6.07, 6.45) is 6.87. The summed E-state index contributed by atoms with van der Waals surface area (Å²) in [4.78, 5) is 53.5. The summed E-state index contributed by atoms with van der Waals surface area (Å²) in [6, 6.07) is 6.45. The van der Waals surface area contributed by atoms with E-state index in [1.165, 1.54) is 11.0 Å². The summed E-state index contributed by atoms with van der Waals surface area (Å²) >= 11 is 17.5. The van der Waals surface area contributed by atoms with E-state index in [1.807, 2.05) is 6.08 Å². The number of aromatic hydroxyl groups is 1. The van der Waals surface area contributed by atoms with Gasteiger partial charge in [0.2, 0.25) is 11.8 Å². The lowest BCUT2D eigenvalue weighted by molar-refractivity contribution is -0.144. The Morgan fingerprint density at radius 3 is 2.35 bits per heavy atom. The Morgan fingerprint density at radius 2 is 1.68 bits per heavy atom. The number of imide groups is 2. The van der Waals surface area contributed by atoms with E-state index in [-0.39, 0.29) is 35.5 Å². The second-order valence-corrected chi connectivity index (χ2v) is 12.6. The maximum atomic E-state index is 13.9. The van der Waals surface area contributed by atoms with E-state index in [4.69, 9.17) is 23.2 Å². The Kier molecular flexibility index (Phi) is 6.05. The molecule has 0 bridgehead atoms. The van der Waals surface area contributed by atoms with Crippen molar-refractivity contribution in [2.75, 3.05) is 5.45 Å². The van der Waals surface area contributed by atoms with Crippen LogP contribution >= 0.6 is 39.1 Å². The highest BCUT2D eigenvalue weighted by Gasteiger charge is 2.76. The largest absolute Gasteiger partial charge is 0.508 e. The number of halogens is 3. The van der Waals surface area contributed by atoms with Gasteiger partial charge in [-0.3, -0.25) is 29.0 Å². The third-order valence-electron chi connectivity index (χ3n) is 9.24. The molecule has 4 fully saturated rings. The van der Waals surface area contributed by atoms with Gasteiger partial charge in [0.25, 0.3) is 11.8 Å². The first kappa shape index (κ1) is 25.4. The fourth-order valence-corrected chi connectivity index (χ4v) is 8.97. The number of hydrogen-bond acceptors (Lipinski definition) is 5. The van der Waals surface area contributed by atoms with Crippen LogP contribution in [0, 0.1) is 17.8 Å². The van der Waals surface area contributed by atoms with Crippen LogP contribution < -0.4 is 0 Å². The van der Waals surface area contributed by atoms with Crippen molar-refractivity contribution in [3.05, 3.63) is 41.5 Å². The molecule has 5 aliphatic rings. The summed E-state index contributed by atoms with van der Waals surface area (Å²) < 4.78 is 0. The van der Waals surface area contributed by atoms with Gasteiger partial charge < -0.3 is 5.11 Å². The Balaban J connectivity index is 1.50. The molecule has 1 aromatic rings. The molecule has 37 heavy (non-hydrogen) atoms. The van der Waals surface area contributed by atoms with Crippen LogP contribution in [0.1, 0.15) is 56.4 Å². The average Bonchev–Trinajstić information content (AvgIpc) is 3.23. The molecule has 7 nitrogen and oxygen atoms in total. The molecule has 10 heteroatoms. The van der Waals surface area contributed by atoms with Crippen molar-refractivity contribution >= 4 is 62.8 Å². The lowest BCUT2D eigenvalue weighted by Crippen LogP contribution is -2.60. The first-order valence-electron chi connectivity index (χ1n) is 12.8. The van der Waals surface area contributed by atoms with Gasteiger partial charge in [0.05, 0.1) is 17.3 Å². The summed E-state index contributed by atoms with van der Waals surface area (Å²) in [5.74, 6) is -4.44. The number of carbonyl (C=O) groups is 4. The van der Waals surface area contributed by atoms with Crippen LogP contribution in [0.2, 0.25) is 0 Å². The fourth-order valence-electron chi connectivity index (χ4n) is 7.55. The van der Waals surface area contributed by atoms with Crippen LogP contribution in [0.25, 0.3) is 0 Å². The first-order chi connectivity index (χ1) is 17.7. The van der Waals surface area contributed by atoms with Gasteiger partial charge >= 0.3 is 0 Å². The first-order valence-corrected chi connectivity index (χ1v) is 14.7. The third-order valence-corrected chi connectivity index (χ3v) is 11.2. The Labute approximate surface area is 233 Å². The zero-order valence-electron chi connectivity index (χ0n) is 20.0. The van der Waals surface area contributed by atoms with Crippen molar-refractivity contribution in [2.24, 2.45) is 17.8 Å². The number of phenolic OH excluding ortho intramolecular Hbond substituents is 1. The summed E-state index contributed by atoms with van der Waals surface area (Å²) in [5, 5.41) is 10.9. The van der Waals surface area contributed by atoms with Gasteiger partial charge in [-0.05, 0) is 37.7 Å². The molecule has 0 spiro atoms. The number of hydrogen-bond donors (Lipinski definition) is 1. The van der Waals surface area contributed by atoms with Crippen LogP contribution in [-0.2, 0) is 19.2 Å². The monoisotopic (exact) mass is 608 g/mol. The second kappa shape index (κ2) is 8.82. The molecule has 196 valence electrons. The summed E-state index contributed by atoms with van der Waals surface area (Å²) in [6.45, 7) is 0. The molecule has 6 rings (SSSR count). The van der Waals surface area contributed by atoms with Crippen molar-refractivity contribution in [1.82, 2.24) is 9.80 Å². The fraction of sp³-hybridized carbons (Fsp3) is 0.556. The topological polar surface area (TPSA) is 95.0 Å². The van der Waals surface area contributed by atoms with E-state index >= 15 is 0 Å². The van der Waals surface area contributed by atoms with Crippen molar-refractivity contribution in [2.45, 2.75) is 66.7 Å². The van der Waals surface area contributed by atoms with Crippen LogP contribution in [0.15, 0.2) is 35.9 Å². The van der Waals surface area contributed by atoms with E-state index < -0.39 is 45.2 Å². The predicted molar refractivity (Wildman–Crippen MR) is 140 cm³/mol. The minimum Gasteiger partial charge on any atom is -0.508 e. The van der Waals surface area contributed by atoms with E-state index in [0.29, 0.717) is 17.6 Å². The van der Waals surface area contributed by atoms with E-state index in [0.717, 1.165) is 37.0 Å². The molecular weight excluding hydrogens is 583 g/mol. The third kappa shape index (κ3) is 3.24. The van der Waals surface area contributed by atoms with E-state index in [1.54, 1.807) is 18.2 Å². The molecule has 2 saturated heterocycles. The smallest absolute Gasteiger partial charge is 0.254 e. The van der Waals surface area contributed by atoms with Gasteiger partial charge in [0.15, 0.2) is 9.75 Å². The minimum absolute atomic E-state index is 0.0409. The van der Waals surface area contributed by atoms with Gasteiger partial charge in [-0.2, -0.15) is 0 Å². The molecule has 0 aromatic heterocycles. The second-order valence-electron chi connectivity index (χ2n) is 10.9. The standard InChI is InChI=1S/C27H27BrCl2N2O5/c28-13-31-24(36)26(29)12-18-15(21(27(26,30)25(31)37)16-8-4-5-9-19(16)33)10-11-17-20(18)23(35)32(22(17)34)14-6-2-1-3-7-14/h4-5,8-10,14,17-18,20-21,33H,1-3,6-7,11-13H2. The zero-order valence-corrected chi connectivity index (χ0v) is 23.1. The van der Waals surface area contributed by atoms with Gasteiger partial charge in [-0.25, -0.2) is 0 Å². The quantitative estimate of drug-likeness (QED) is 0.237. The van der Waals surface area contributed by atoms with E-state index in [2.05, 4.69) is 15.9 Å². The normalized spacial score (nSPS) is 38.0. The highest BCUT2D eigenvalue weighted by atomic mass is 79.9. The Hall–Kier alpha value is -1.90. The lowest BCUT2D eigenvalue weighted by atomic mass is 9.56. The highest BCUT2D eigenvalue weighted by Crippen LogP contribution is 2.66. The van der Waals surface area contributed by atoms with Crippen LogP contribution in [0.3, 0.4) is 0 Å². The number of rotatable bonds is 3. The molecule has 3 aliphatic carbocycles. The van der Waals surface area contributed by atoms with Gasteiger partial charge in [-0.15, -0.1) is 23.2 Å². The van der Waals surface area contributed by atoms with Crippen molar-refractivity contribution in [3.8, 4) is 5.75 Å². The Morgan fingerprint density at radius 1 is 0.973 bits per heavy atom. The molecule has 6 atom stereocenters. The number of alkyl halides is 3. The summed E-state index contributed by atoms with van der Waals surface area (Å²) in [5.41, 5.74) is 0.984. The maximum Gasteiger partial charge on any atom is 0.254 e. The molecule has 2 heterocycles. The minimum atomic E-state index is -1.90. The van der Waals surface area contributed by atoms with Crippen LogP contribution in [-0.4, -0.2) is 59.8 Å². The molecule has 6 unspecified atom stereocenters. The molecule has 1 N–H and O–H groups in total. The molecule has 1 aromatic carbocycles. The molecule has 4 amide bonds. The number of benzene rings is 1. The van der Waals surface area contributed by atoms with E-state index in [9.17, 15) is 24.3 Å². The number of amides is 4. The lowest BCUT2D eigenvalue weighted by Gasteiger charge is -2.50. The number of allylic oxidation sites excluding steroid dienone is 2. The van der Waals surface area contributed by atoms with Crippen molar-refractivity contribution in [3.63, 3.8) is 0 Å². The average molecular weight is 610 g/mol. The number of likely N-dealkylation sites (tertiary alicyclic amines) is 2. The number of phenols is 1. The maximum absolute atomic E-state index is 13.9. The van der Waals surface area contributed by atoms with Crippen LogP contribution in [0.5, 0.6) is 5.75 Å². The van der Waals surface area contributed by atoms with Crippen molar-refractivity contribution < 1.29 is 24.3 Å². The van der Waals surface area contributed by atoms with Gasteiger partial charge in [-0.1, -0.05) is 65.0 Å². The predicted octanol–water partition coefficient (Wildman–Crippen LogP) is 4.44. The zero-order chi connectivity index (χ0) is 26.3. The molecule has 2 saturated carbocycles. The molecule has 0 radical (unpaired) electrons. The SMILES string of the molecule is O=C1C2CC=C3C(CC4(Cl)C(=O)N(CBr)C(=O)C4(Cl)C3c3ccccc3O)C2C(=O)N1C1CCCCC1. The summed E-state index contributed by atoms with van der Waals surface area (Å²) in [7, 11) is 0. The number of para-hydroxylation sites is 1. The number of carbonyl (C=O) groups excluding carboxylic acids is 4.